The van der Waals surface area contributed by atoms with Gasteiger partial charge in [0.15, 0.2) is 0 Å². The van der Waals surface area contributed by atoms with E-state index in [0.717, 1.165) is 16.5 Å². The van der Waals surface area contributed by atoms with Gasteiger partial charge in [0.25, 0.3) is 0 Å². The van der Waals surface area contributed by atoms with Crippen LogP contribution in [0.3, 0.4) is 0 Å². The van der Waals surface area contributed by atoms with Gasteiger partial charge in [0.05, 0.1) is 18.4 Å². The fourth-order valence-electron chi connectivity index (χ4n) is 1.60. The summed E-state index contributed by atoms with van der Waals surface area (Å²) < 4.78 is 5.47. The Morgan fingerprint density at radius 3 is 3.00 bits per heavy atom. The van der Waals surface area contributed by atoms with Gasteiger partial charge in [0.1, 0.15) is 0 Å². The number of aromatic nitrogens is 1. The third kappa shape index (κ3) is 1.66. The molecule has 2 rings (SSSR count). The van der Waals surface area contributed by atoms with Crippen LogP contribution in [0.15, 0.2) is 29.4 Å². The molecule has 0 atom stereocenters. The molecular weight excluding hydrogens is 190 g/mol. The van der Waals surface area contributed by atoms with Gasteiger partial charge in [-0.15, -0.1) is 0 Å². The van der Waals surface area contributed by atoms with Gasteiger partial charge in [-0.2, -0.15) is 5.10 Å². The molecule has 4 heteroatoms. The molecule has 0 fully saturated rings. The maximum atomic E-state index is 5.47. The van der Waals surface area contributed by atoms with Crippen LogP contribution in [-0.2, 0) is 0 Å². The number of ether oxygens (including phenoxy) is 1. The quantitative estimate of drug-likeness (QED) is 0.454. The smallest absolute Gasteiger partial charge is 0.201 e. The number of benzene rings is 1. The first-order valence-corrected chi connectivity index (χ1v) is 4.83. The summed E-state index contributed by atoms with van der Waals surface area (Å²) in [6, 6.07) is 7.94. The number of aromatic amines is 1. The van der Waals surface area contributed by atoms with Crippen LogP contribution in [0, 0.1) is 0 Å². The number of nitrogens with zero attached hydrogens (tertiary/aromatic N) is 1. The highest BCUT2D eigenvalue weighted by Gasteiger charge is 2.09. The average Bonchev–Trinajstić information content (AvgIpc) is 2.59. The number of hydrazone groups is 1. The summed E-state index contributed by atoms with van der Waals surface area (Å²) in [6.07, 6.45) is 1.60. The Kier molecular flexibility index (Phi) is 2.58. The molecule has 0 amide bonds. The van der Waals surface area contributed by atoms with Crippen LogP contribution >= 0.6 is 0 Å². The van der Waals surface area contributed by atoms with Gasteiger partial charge < -0.3 is 15.6 Å². The third-order valence-corrected chi connectivity index (χ3v) is 2.20. The molecule has 0 aliphatic carbocycles. The van der Waals surface area contributed by atoms with Crippen LogP contribution in [0.5, 0.6) is 5.88 Å². The highest BCUT2D eigenvalue weighted by molar-refractivity contribution is 6.01. The first-order chi connectivity index (χ1) is 7.36. The van der Waals surface area contributed by atoms with Gasteiger partial charge in [0.2, 0.25) is 5.88 Å². The Balaban J connectivity index is 2.63. The lowest BCUT2D eigenvalue weighted by atomic mass is 10.2. The molecule has 1 aromatic heterocycles. The average molecular weight is 203 g/mol. The van der Waals surface area contributed by atoms with Crippen LogP contribution in [0.4, 0.5) is 0 Å². The van der Waals surface area contributed by atoms with Crippen LogP contribution in [0.2, 0.25) is 0 Å². The molecule has 4 nitrogen and oxygen atoms in total. The minimum absolute atomic E-state index is 0.609. The number of nitrogens with one attached hydrogen (secondary N) is 1. The van der Waals surface area contributed by atoms with E-state index in [1.54, 1.807) is 6.21 Å². The number of H-pyrrole nitrogens is 1. The van der Waals surface area contributed by atoms with Crippen molar-refractivity contribution in [3.8, 4) is 5.88 Å². The molecule has 0 aliphatic rings. The summed E-state index contributed by atoms with van der Waals surface area (Å²) in [5, 5.41) is 4.61. The maximum absolute atomic E-state index is 5.47. The fraction of sp³-hybridized carbons (Fsp3) is 0.182. The Hall–Kier alpha value is -1.97. The summed E-state index contributed by atoms with van der Waals surface area (Å²) >= 11 is 0. The molecule has 0 aliphatic heterocycles. The lowest BCUT2D eigenvalue weighted by Gasteiger charge is -1.99. The van der Waals surface area contributed by atoms with E-state index in [-0.39, 0.29) is 0 Å². The van der Waals surface area contributed by atoms with E-state index < -0.39 is 0 Å². The zero-order chi connectivity index (χ0) is 10.7. The van der Waals surface area contributed by atoms with Crippen LogP contribution in [0.1, 0.15) is 12.5 Å². The summed E-state index contributed by atoms with van der Waals surface area (Å²) in [5.74, 6) is 5.89. The molecule has 2 aromatic rings. The molecular formula is C11H13N3O. The molecule has 0 radical (unpaired) electrons. The van der Waals surface area contributed by atoms with Gasteiger partial charge in [-0.05, 0) is 13.0 Å². The summed E-state index contributed by atoms with van der Waals surface area (Å²) in [6.45, 7) is 2.55. The van der Waals surface area contributed by atoms with E-state index in [0.29, 0.717) is 12.5 Å². The van der Waals surface area contributed by atoms with Crippen molar-refractivity contribution >= 4 is 17.1 Å². The second-order valence-corrected chi connectivity index (χ2v) is 3.12. The second-order valence-electron chi connectivity index (χ2n) is 3.12. The van der Waals surface area contributed by atoms with E-state index in [2.05, 4.69) is 10.1 Å². The Morgan fingerprint density at radius 2 is 2.27 bits per heavy atom. The standard InChI is InChI=1S/C11H13N3O/c1-2-15-11-9(7-13-12)8-5-3-4-6-10(8)14-11/h3-7,14H,2,12H2,1H3/b13-7+. The molecule has 1 aromatic carbocycles. The predicted molar refractivity (Wildman–Crippen MR) is 61.2 cm³/mol. The van der Waals surface area contributed by atoms with Gasteiger partial charge >= 0.3 is 0 Å². The van der Waals surface area contributed by atoms with E-state index in [9.17, 15) is 0 Å². The van der Waals surface area contributed by atoms with E-state index >= 15 is 0 Å². The predicted octanol–water partition coefficient (Wildman–Crippen LogP) is 1.86. The topological polar surface area (TPSA) is 63.4 Å². The highest BCUT2D eigenvalue weighted by atomic mass is 16.5. The van der Waals surface area contributed by atoms with Crippen molar-refractivity contribution in [2.24, 2.45) is 10.9 Å². The zero-order valence-corrected chi connectivity index (χ0v) is 8.53. The Labute approximate surface area is 87.7 Å². The summed E-state index contributed by atoms with van der Waals surface area (Å²) in [7, 11) is 0. The number of fused-ring (bicyclic) bond motifs is 1. The molecule has 1 heterocycles. The summed E-state index contributed by atoms with van der Waals surface area (Å²) in [5.41, 5.74) is 1.92. The lowest BCUT2D eigenvalue weighted by molar-refractivity contribution is 0.329. The molecule has 0 saturated carbocycles. The van der Waals surface area contributed by atoms with E-state index in [4.69, 9.17) is 10.6 Å². The van der Waals surface area contributed by atoms with Crippen molar-refractivity contribution < 1.29 is 4.74 Å². The molecule has 0 saturated heterocycles. The van der Waals surface area contributed by atoms with Crippen LogP contribution in [-0.4, -0.2) is 17.8 Å². The molecule has 78 valence electrons. The number of rotatable bonds is 3. The molecule has 3 N–H and O–H groups in total. The normalized spacial score (nSPS) is 11.3. The second kappa shape index (κ2) is 4.04. The molecule has 15 heavy (non-hydrogen) atoms. The summed E-state index contributed by atoms with van der Waals surface area (Å²) in [4.78, 5) is 3.18. The van der Waals surface area contributed by atoms with Crippen LogP contribution < -0.4 is 10.6 Å². The zero-order valence-electron chi connectivity index (χ0n) is 8.53. The lowest BCUT2D eigenvalue weighted by Crippen LogP contribution is -1.95. The van der Waals surface area contributed by atoms with Crippen molar-refractivity contribution in [3.63, 3.8) is 0 Å². The SMILES string of the molecule is CCOc1[nH]c2ccccc2c1/C=N/N. The Morgan fingerprint density at radius 1 is 1.47 bits per heavy atom. The maximum Gasteiger partial charge on any atom is 0.201 e. The largest absolute Gasteiger partial charge is 0.479 e. The van der Waals surface area contributed by atoms with Crippen molar-refractivity contribution in [1.82, 2.24) is 4.98 Å². The van der Waals surface area contributed by atoms with Crippen LogP contribution in [0.25, 0.3) is 10.9 Å². The van der Waals surface area contributed by atoms with E-state index in [1.165, 1.54) is 0 Å². The van der Waals surface area contributed by atoms with Gasteiger partial charge in [0, 0.05) is 10.9 Å². The Bertz CT molecular complexity index is 488. The monoisotopic (exact) mass is 203 g/mol. The minimum atomic E-state index is 0.609. The molecule has 0 unspecified atom stereocenters. The van der Waals surface area contributed by atoms with Crippen molar-refractivity contribution in [1.29, 1.82) is 0 Å². The van der Waals surface area contributed by atoms with E-state index in [1.807, 2.05) is 31.2 Å². The molecule has 0 bridgehead atoms. The van der Waals surface area contributed by atoms with Gasteiger partial charge in [-0.25, -0.2) is 0 Å². The third-order valence-electron chi connectivity index (χ3n) is 2.20. The first kappa shape index (κ1) is 9.58. The number of nitrogens with two attached hydrogens (primary N) is 1. The number of hydrogen-bond acceptors (Lipinski definition) is 3. The van der Waals surface area contributed by atoms with Gasteiger partial charge in [-0.1, -0.05) is 18.2 Å². The van der Waals surface area contributed by atoms with Crippen molar-refractivity contribution in [2.75, 3.05) is 6.61 Å². The first-order valence-electron chi connectivity index (χ1n) is 4.83. The van der Waals surface area contributed by atoms with Gasteiger partial charge in [-0.3, -0.25) is 0 Å². The highest BCUT2D eigenvalue weighted by Crippen LogP contribution is 2.26. The van der Waals surface area contributed by atoms with Crippen molar-refractivity contribution in [2.45, 2.75) is 6.92 Å². The number of hydrogen-bond donors (Lipinski definition) is 2. The minimum Gasteiger partial charge on any atom is -0.479 e. The number of para-hydroxylation sites is 1. The fourth-order valence-corrected chi connectivity index (χ4v) is 1.60. The molecule has 0 spiro atoms. The van der Waals surface area contributed by atoms with Crippen molar-refractivity contribution in [3.05, 3.63) is 29.8 Å².